The quantitative estimate of drug-likeness (QED) is 0.135. The summed E-state index contributed by atoms with van der Waals surface area (Å²) >= 11 is 0. The molecule has 0 unspecified atom stereocenters. The van der Waals surface area contributed by atoms with Crippen molar-refractivity contribution in [2.75, 3.05) is 0 Å². The zero-order chi connectivity index (χ0) is 85.0. The molecule has 0 spiro atoms. The molecule has 0 aliphatic rings. The van der Waals surface area contributed by atoms with Crippen molar-refractivity contribution in [3.05, 3.63) is 473 Å². The molecular formula is C126H78O3. The molecule has 0 amide bonds. The van der Waals surface area contributed by atoms with Gasteiger partial charge in [-0.25, -0.2) is 0 Å². The first-order chi connectivity index (χ1) is 64.0. The lowest BCUT2D eigenvalue weighted by atomic mass is 9.83. The van der Waals surface area contributed by atoms with Crippen molar-refractivity contribution in [2.45, 2.75) is 0 Å². The molecule has 0 radical (unpaired) electrons. The van der Waals surface area contributed by atoms with Crippen LogP contribution in [-0.2, 0) is 0 Å². The van der Waals surface area contributed by atoms with Crippen molar-refractivity contribution < 1.29 is 13.3 Å². The van der Waals surface area contributed by atoms with Gasteiger partial charge in [0.15, 0.2) is 0 Å². The summed E-state index contributed by atoms with van der Waals surface area (Å²) in [6.45, 7) is 0. The Morgan fingerprint density at radius 2 is 0.318 bits per heavy atom. The number of hydrogen-bond acceptors (Lipinski definition) is 3. The predicted molar refractivity (Wildman–Crippen MR) is 548 cm³/mol. The molecule has 3 heterocycles. The molecular weight excluding hydrogens is 1560 g/mol. The highest BCUT2D eigenvalue weighted by atomic mass is 16.3. The van der Waals surface area contributed by atoms with Gasteiger partial charge in [-0.15, -0.1) is 0 Å². The summed E-state index contributed by atoms with van der Waals surface area (Å²) in [7, 11) is 0. The van der Waals surface area contributed by atoms with Crippen LogP contribution in [0.3, 0.4) is 0 Å². The van der Waals surface area contributed by atoms with Crippen LogP contribution in [-0.4, -0.2) is 0 Å². The van der Waals surface area contributed by atoms with Gasteiger partial charge in [-0.2, -0.15) is 0 Å². The van der Waals surface area contributed by atoms with E-state index in [0.29, 0.717) is 0 Å². The Morgan fingerprint density at radius 3 is 0.659 bits per heavy atom. The van der Waals surface area contributed by atoms with Gasteiger partial charge in [0.1, 0.15) is 33.5 Å². The van der Waals surface area contributed by atoms with E-state index in [4.69, 9.17) is 13.3 Å². The Balaban J connectivity index is 0.000000105. The fourth-order valence-corrected chi connectivity index (χ4v) is 20.6. The fourth-order valence-electron chi connectivity index (χ4n) is 20.6. The number of fused-ring (bicyclic) bond motifs is 18. The molecule has 0 N–H and O–H groups in total. The summed E-state index contributed by atoms with van der Waals surface area (Å²) in [5.41, 5.74) is 27.7. The molecule has 0 saturated heterocycles. The maximum absolute atomic E-state index is 6.36. The van der Waals surface area contributed by atoms with Gasteiger partial charge in [0.2, 0.25) is 0 Å². The zero-order valence-electron chi connectivity index (χ0n) is 70.3. The molecule has 0 aliphatic heterocycles. The lowest BCUT2D eigenvalue weighted by molar-refractivity contribution is 0.669. The van der Waals surface area contributed by atoms with Gasteiger partial charge in [0.25, 0.3) is 0 Å². The van der Waals surface area contributed by atoms with Gasteiger partial charge in [0, 0.05) is 32.3 Å². The first-order valence-corrected chi connectivity index (χ1v) is 44.3. The molecule has 3 nitrogen and oxygen atoms in total. The molecule has 24 aromatic carbocycles. The van der Waals surface area contributed by atoms with E-state index >= 15 is 0 Å². The predicted octanol–water partition coefficient (Wildman–Crippen LogP) is 36.1. The highest BCUT2D eigenvalue weighted by molar-refractivity contribution is 6.27. The minimum absolute atomic E-state index is 0.913. The van der Waals surface area contributed by atoms with Crippen molar-refractivity contribution in [1.29, 1.82) is 0 Å². The molecule has 129 heavy (non-hydrogen) atoms. The Bertz CT molecular complexity index is 9000. The lowest BCUT2D eigenvalue weighted by Gasteiger charge is -2.19. The van der Waals surface area contributed by atoms with Crippen molar-refractivity contribution in [1.82, 2.24) is 0 Å². The number of benzene rings is 24. The number of rotatable bonds is 9. The van der Waals surface area contributed by atoms with Gasteiger partial charge < -0.3 is 13.3 Å². The molecule has 27 aromatic rings. The van der Waals surface area contributed by atoms with E-state index in [-0.39, 0.29) is 0 Å². The maximum atomic E-state index is 6.36. The first-order valence-electron chi connectivity index (χ1n) is 44.3. The molecule has 3 aromatic heterocycles. The van der Waals surface area contributed by atoms with Crippen LogP contribution in [0.5, 0.6) is 0 Å². The Morgan fingerprint density at radius 1 is 0.101 bits per heavy atom. The third-order valence-electron chi connectivity index (χ3n) is 26.5. The molecule has 0 atom stereocenters. The van der Waals surface area contributed by atoms with E-state index in [1.165, 1.54) is 197 Å². The Kier molecular flexibility index (Phi) is 18.0. The minimum atomic E-state index is 0.913. The van der Waals surface area contributed by atoms with Gasteiger partial charge in [-0.1, -0.05) is 394 Å². The van der Waals surface area contributed by atoms with Gasteiger partial charge >= 0.3 is 0 Å². The lowest BCUT2D eigenvalue weighted by Crippen LogP contribution is -1.92. The van der Waals surface area contributed by atoms with Crippen molar-refractivity contribution in [2.24, 2.45) is 0 Å². The van der Waals surface area contributed by atoms with Crippen molar-refractivity contribution in [3.8, 4) is 100 Å². The number of furan rings is 3. The van der Waals surface area contributed by atoms with E-state index in [2.05, 4.69) is 473 Å². The second-order valence-corrected chi connectivity index (χ2v) is 33.9. The van der Waals surface area contributed by atoms with Crippen LogP contribution in [0.2, 0.25) is 0 Å². The third-order valence-corrected chi connectivity index (χ3v) is 26.5. The average Bonchev–Trinajstić information content (AvgIpc) is 1.38. The summed E-state index contributed by atoms with van der Waals surface area (Å²) < 4.78 is 19.1. The van der Waals surface area contributed by atoms with Crippen molar-refractivity contribution >= 4 is 163 Å². The molecule has 3 heteroatoms. The Hall–Kier alpha value is -17.0. The second-order valence-electron chi connectivity index (χ2n) is 33.9. The number of hydrogen-bond donors (Lipinski definition) is 0. The van der Waals surface area contributed by atoms with Crippen LogP contribution in [0.1, 0.15) is 0 Å². The standard InChI is InChI=1S/3C42H26O/c1-2-11-27(12-3-1)28-15-10-16-31(23-28)41-33-17-6-8-19-35(33)42(36-20-9-7-18-34(36)41)32-21-22-39-37(25-32)38-24-29-13-4-5-14-30(29)26-40(38)43-39;1-2-10-27(11-3-1)28-18-20-29(21-19-28)41-33-14-6-8-16-35(33)42(36-17-9-7-15-34(36)41)32-22-23-39-37(25-32)38-24-30-12-4-5-13-31(30)26-40(38)43-39;1-2-12-27(13-3-1)31-16-6-7-17-32(31)42-35-20-10-8-18-33(35)41(34-19-9-11-21-36(34)42)30-22-23-39-37(25-30)38-24-28-14-4-5-15-29(28)26-40(38)43-39/h3*1-26H. The summed E-state index contributed by atoms with van der Waals surface area (Å²) in [4.78, 5) is 0. The van der Waals surface area contributed by atoms with E-state index < -0.39 is 0 Å². The normalized spacial score (nSPS) is 11.7. The van der Waals surface area contributed by atoms with Crippen LogP contribution >= 0.6 is 0 Å². The van der Waals surface area contributed by atoms with E-state index in [0.717, 1.165) is 65.8 Å². The topological polar surface area (TPSA) is 39.4 Å². The monoisotopic (exact) mass is 1640 g/mol. The molecule has 0 saturated carbocycles. The third kappa shape index (κ3) is 12.9. The summed E-state index contributed by atoms with van der Waals surface area (Å²) in [5, 5.41) is 29.2. The second kappa shape index (κ2) is 31.1. The first kappa shape index (κ1) is 74.6. The maximum Gasteiger partial charge on any atom is 0.136 e. The molecule has 0 bridgehead atoms. The van der Waals surface area contributed by atoms with Gasteiger partial charge in [0.05, 0.1) is 0 Å². The average molecular weight is 1640 g/mol. The smallest absolute Gasteiger partial charge is 0.136 e. The van der Waals surface area contributed by atoms with Crippen molar-refractivity contribution in [3.63, 3.8) is 0 Å². The summed E-state index contributed by atoms with van der Waals surface area (Å²) in [5.74, 6) is 0. The van der Waals surface area contributed by atoms with Crippen LogP contribution < -0.4 is 0 Å². The minimum Gasteiger partial charge on any atom is -0.456 e. The van der Waals surface area contributed by atoms with Crippen LogP contribution in [0.15, 0.2) is 486 Å². The fraction of sp³-hybridized carbons (Fsp3) is 0. The Labute approximate surface area is 744 Å². The highest BCUT2D eigenvalue weighted by Crippen LogP contribution is 2.51. The SMILES string of the molecule is c1ccc(-c2ccc(-c3c4ccccc4c(-c4ccc5oc6cc7ccccc7cc6c5c4)c4ccccc34)cc2)cc1.c1ccc(-c2cccc(-c3c4ccccc4c(-c4ccc5oc6cc7ccccc7cc6c5c4)c4ccccc34)c2)cc1.c1ccc(-c2ccccc2-c2c3ccccc3c(-c3ccc4oc5cc6ccccc6cc5c4c3)c3ccccc23)cc1. The molecule has 600 valence electrons. The molecule has 27 rings (SSSR count). The van der Waals surface area contributed by atoms with E-state index in [1.807, 2.05) is 0 Å². The van der Waals surface area contributed by atoms with E-state index in [9.17, 15) is 0 Å². The van der Waals surface area contributed by atoms with Gasteiger partial charge in [-0.05, 0) is 276 Å². The van der Waals surface area contributed by atoms with Crippen LogP contribution in [0.25, 0.3) is 263 Å². The van der Waals surface area contributed by atoms with Crippen LogP contribution in [0.4, 0.5) is 0 Å². The molecule has 0 aliphatic carbocycles. The largest absolute Gasteiger partial charge is 0.456 e. The van der Waals surface area contributed by atoms with Gasteiger partial charge in [-0.3, -0.25) is 0 Å². The highest BCUT2D eigenvalue weighted by Gasteiger charge is 2.25. The summed E-state index contributed by atoms with van der Waals surface area (Å²) in [6, 6.07) is 171. The van der Waals surface area contributed by atoms with E-state index in [1.54, 1.807) is 0 Å². The van der Waals surface area contributed by atoms with Crippen LogP contribution in [0, 0.1) is 0 Å². The summed E-state index contributed by atoms with van der Waals surface area (Å²) in [6.07, 6.45) is 0. The zero-order valence-corrected chi connectivity index (χ0v) is 70.3. The molecule has 0 fully saturated rings.